The zero-order chi connectivity index (χ0) is 23.5. The van der Waals surface area contributed by atoms with E-state index < -0.39 is 0 Å². The van der Waals surface area contributed by atoms with Gasteiger partial charge in [0, 0.05) is 47.4 Å². The Morgan fingerprint density at radius 1 is 1.15 bits per heavy atom. The fourth-order valence-electron chi connectivity index (χ4n) is 4.11. The van der Waals surface area contributed by atoms with Crippen LogP contribution in [0.3, 0.4) is 0 Å². The van der Waals surface area contributed by atoms with Gasteiger partial charge in [-0.3, -0.25) is 9.78 Å². The number of carbonyl (C=O) groups excluding carboxylic acids is 1. The van der Waals surface area contributed by atoms with Crippen LogP contribution in [0.1, 0.15) is 39.6 Å². The molecule has 1 unspecified atom stereocenters. The highest BCUT2D eigenvalue weighted by atomic mass is 32.1. The number of para-hydroxylation sites is 1. The Kier molecular flexibility index (Phi) is 6.16. The normalized spacial score (nSPS) is 15.3. The van der Waals surface area contributed by atoms with E-state index in [-0.39, 0.29) is 11.9 Å². The van der Waals surface area contributed by atoms with Gasteiger partial charge in [-0.25, -0.2) is 9.99 Å². The molecule has 1 amide bonds. The molecule has 2 N–H and O–H groups in total. The lowest BCUT2D eigenvalue weighted by Gasteiger charge is -2.23. The average molecular weight is 470 g/mol. The molecule has 5 rings (SSSR count). The molecule has 0 aliphatic carbocycles. The summed E-state index contributed by atoms with van der Waals surface area (Å²) >= 11 is 1.42. The zero-order valence-electron chi connectivity index (χ0n) is 18.6. The van der Waals surface area contributed by atoms with Crippen molar-refractivity contribution in [2.45, 2.75) is 19.0 Å². The number of hydrazone groups is 1. The van der Waals surface area contributed by atoms with Crippen LogP contribution in [-0.2, 0) is 6.54 Å². The summed E-state index contributed by atoms with van der Waals surface area (Å²) in [5.41, 5.74) is 10.7. The molecule has 0 saturated heterocycles. The largest absolute Gasteiger partial charge is 0.496 e. The minimum absolute atomic E-state index is 0.262. The van der Waals surface area contributed by atoms with Gasteiger partial charge in [0.1, 0.15) is 16.5 Å². The van der Waals surface area contributed by atoms with E-state index >= 15 is 0 Å². The third kappa shape index (κ3) is 4.09. The standard InChI is InChI=1S/C26H23N5O2S/c1-33-24-11-5-4-10-20(24)23-13-21(18-8-6-12-28-15-18)30-31(23)26(32)22-16-34-25(29-22)19-9-3-2-7-17(19)14-27/h2-12,15-16,23H,13-14,27H2,1H3. The minimum Gasteiger partial charge on any atom is -0.496 e. The number of ether oxygens (including phenoxy) is 1. The van der Waals surface area contributed by atoms with Crippen molar-refractivity contribution in [2.75, 3.05) is 7.11 Å². The van der Waals surface area contributed by atoms with E-state index in [9.17, 15) is 4.79 Å². The van der Waals surface area contributed by atoms with E-state index in [1.54, 1.807) is 24.9 Å². The second-order valence-electron chi connectivity index (χ2n) is 7.80. The van der Waals surface area contributed by atoms with Gasteiger partial charge in [0.15, 0.2) is 0 Å². The molecule has 7 nitrogen and oxygen atoms in total. The van der Waals surface area contributed by atoms with Crippen molar-refractivity contribution in [2.24, 2.45) is 10.8 Å². The van der Waals surface area contributed by atoms with Gasteiger partial charge in [0.25, 0.3) is 5.91 Å². The summed E-state index contributed by atoms with van der Waals surface area (Å²) in [6.07, 6.45) is 4.03. The number of aromatic nitrogens is 2. The molecule has 170 valence electrons. The van der Waals surface area contributed by atoms with Crippen molar-refractivity contribution in [1.29, 1.82) is 0 Å². The molecule has 2 aromatic carbocycles. The number of amides is 1. The summed E-state index contributed by atoms with van der Waals surface area (Å²) in [7, 11) is 1.63. The van der Waals surface area contributed by atoms with E-state index in [2.05, 4.69) is 9.97 Å². The van der Waals surface area contributed by atoms with Gasteiger partial charge in [-0.05, 0) is 17.7 Å². The van der Waals surface area contributed by atoms with Gasteiger partial charge in [-0.15, -0.1) is 11.3 Å². The SMILES string of the molecule is COc1ccccc1C1CC(c2cccnc2)=NN1C(=O)c1csc(-c2ccccc2CN)n1. The van der Waals surface area contributed by atoms with Crippen molar-refractivity contribution in [3.8, 4) is 16.3 Å². The van der Waals surface area contributed by atoms with Crippen molar-refractivity contribution in [3.63, 3.8) is 0 Å². The summed E-state index contributed by atoms with van der Waals surface area (Å²) in [6, 6.07) is 19.0. The fraction of sp³-hybridized carbons (Fsp3) is 0.154. The molecular formula is C26H23N5O2S. The number of pyridine rings is 1. The number of benzene rings is 2. The lowest BCUT2D eigenvalue weighted by atomic mass is 9.98. The molecule has 34 heavy (non-hydrogen) atoms. The molecule has 2 aromatic heterocycles. The number of nitrogens with zero attached hydrogens (tertiary/aromatic N) is 4. The molecule has 0 bridgehead atoms. The molecule has 0 radical (unpaired) electrons. The minimum atomic E-state index is -0.319. The number of hydrogen-bond acceptors (Lipinski definition) is 7. The summed E-state index contributed by atoms with van der Waals surface area (Å²) in [4.78, 5) is 22.6. The van der Waals surface area contributed by atoms with E-state index in [4.69, 9.17) is 15.6 Å². The average Bonchev–Trinajstić information content (AvgIpc) is 3.57. The van der Waals surface area contributed by atoms with Gasteiger partial charge < -0.3 is 10.5 Å². The Balaban J connectivity index is 1.53. The molecule has 3 heterocycles. The van der Waals surface area contributed by atoms with Gasteiger partial charge >= 0.3 is 0 Å². The van der Waals surface area contributed by atoms with Crippen LogP contribution in [0.5, 0.6) is 5.75 Å². The Bertz CT molecular complexity index is 1350. The number of nitrogens with two attached hydrogens (primary N) is 1. The summed E-state index contributed by atoms with van der Waals surface area (Å²) in [6.45, 7) is 0.403. The third-order valence-electron chi connectivity index (χ3n) is 5.80. The van der Waals surface area contributed by atoms with Crippen LogP contribution in [0.2, 0.25) is 0 Å². The number of carbonyl (C=O) groups is 1. The first kappa shape index (κ1) is 21.9. The molecule has 8 heteroatoms. The number of methoxy groups -OCH3 is 1. The highest BCUT2D eigenvalue weighted by molar-refractivity contribution is 7.13. The predicted octanol–water partition coefficient (Wildman–Crippen LogP) is 4.66. The first-order chi connectivity index (χ1) is 16.7. The maximum absolute atomic E-state index is 13.7. The summed E-state index contributed by atoms with van der Waals surface area (Å²) in [5.74, 6) is 0.450. The van der Waals surface area contributed by atoms with Crippen LogP contribution >= 0.6 is 11.3 Å². The van der Waals surface area contributed by atoms with Crippen LogP contribution in [0.4, 0.5) is 0 Å². The van der Waals surface area contributed by atoms with Crippen molar-refractivity contribution < 1.29 is 9.53 Å². The first-order valence-electron chi connectivity index (χ1n) is 10.9. The lowest BCUT2D eigenvalue weighted by Crippen LogP contribution is -2.27. The lowest BCUT2D eigenvalue weighted by molar-refractivity contribution is 0.0704. The molecule has 4 aromatic rings. The van der Waals surface area contributed by atoms with Crippen LogP contribution in [0, 0.1) is 0 Å². The van der Waals surface area contributed by atoms with Gasteiger partial charge in [-0.2, -0.15) is 5.10 Å². The third-order valence-corrected chi connectivity index (χ3v) is 6.68. The number of rotatable bonds is 6. The fourth-order valence-corrected chi connectivity index (χ4v) is 4.96. The van der Waals surface area contributed by atoms with Gasteiger partial charge in [0.05, 0.1) is 18.9 Å². The van der Waals surface area contributed by atoms with Gasteiger partial charge in [0.2, 0.25) is 0 Å². The van der Waals surface area contributed by atoms with Crippen LogP contribution in [0.25, 0.3) is 10.6 Å². The topological polar surface area (TPSA) is 93.7 Å². The maximum atomic E-state index is 13.7. The molecular weight excluding hydrogens is 446 g/mol. The van der Waals surface area contributed by atoms with Crippen molar-refractivity contribution >= 4 is 23.0 Å². The molecule has 1 aliphatic rings. The maximum Gasteiger partial charge on any atom is 0.294 e. The smallest absolute Gasteiger partial charge is 0.294 e. The highest BCUT2D eigenvalue weighted by Crippen LogP contribution is 2.38. The van der Waals surface area contributed by atoms with Crippen molar-refractivity contribution in [3.05, 3.63) is 101 Å². The molecule has 1 aliphatic heterocycles. The Labute approximate surface area is 201 Å². The first-order valence-corrected chi connectivity index (χ1v) is 11.8. The van der Waals surface area contributed by atoms with E-state index in [0.29, 0.717) is 24.4 Å². The molecule has 1 atom stereocenters. The molecule has 0 fully saturated rings. The molecule has 0 spiro atoms. The van der Waals surface area contributed by atoms with Crippen molar-refractivity contribution in [1.82, 2.24) is 15.0 Å². The Hall–Kier alpha value is -3.88. The zero-order valence-corrected chi connectivity index (χ0v) is 19.4. The summed E-state index contributed by atoms with van der Waals surface area (Å²) < 4.78 is 5.59. The second kappa shape index (κ2) is 9.54. The van der Waals surface area contributed by atoms with E-state index in [1.807, 2.05) is 60.7 Å². The quantitative estimate of drug-likeness (QED) is 0.443. The number of thiazole rings is 1. The van der Waals surface area contributed by atoms with Crippen LogP contribution in [-0.4, -0.2) is 33.7 Å². The predicted molar refractivity (Wildman–Crippen MR) is 133 cm³/mol. The van der Waals surface area contributed by atoms with E-state index in [0.717, 1.165) is 33.0 Å². The summed E-state index contributed by atoms with van der Waals surface area (Å²) in [5, 5.41) is 8.79. The van der Waals surface area contributed by atoms with Gasteiger partial charge in [-0.1, -0.05) is 48.5 Å². The van der Waals surface area contributed by atoms with Crippen LogP contribution < -0.4 is 10.5 Å². The Morgan fingerprint density at radius 2 is 1.97 bits per heavy atom. The van der Waals surface area contributed by atoms with E-state index in [1.165, 1.54) is 16.3 Å². The van der Waals surface area contributed by atoms with Crippen LogP contribution in [0.15, 0.2) is 83.5 Å². The monoisotopic (exact) mass is 469 g/mol. The highest BCUT2D eigenvalue weighted by Gasteiger charge is 2.36. The Morgan fingerprint density at radius 3 is 2.76 bits per heavy atom. The second-order valence-corrected chi connectivity index (χ2v) is 8.66. The molecule has 0 saturated carbocycles. The number of hydrogen-bond donors (Lipinski definition) is 1.